The van der Waals surface area contributed by atoms with Crippen molar-refractivity contribution in [2.24, 2.45) is 5.41 Å². The van der Waals surface area contributed by atoms with Crippen molar-refractivity contribution < 1.29 is 22.7 Å². The molecule has 1 N–H and O–H groups in total. The van der Waals surface area contributed by atoms with Gasteiger partial charge in [0, 0.05) is 23.2 Å². The van der Waals surface area contributed by atoms with Gasteiger partial charge in [-0.2, -0.15) is 13.2 Å². The lowest BCUT2D eigenvalue weighted by Gasteiger charge is -2.19. The number of pyridine rings is 2. The summed E-state index contributed by atoms with van der Waals surface area (Å²) in [4.78, 5) is 30.0. The highest BCUT2D eigenvalue weighted by molar-refractivity contribution is 6.34. The molecule has 2 heterocycles. The van der Waals surface area contributed by atoms with Crippen LogP contribution in [0.1, 0.15) is 45.0 Å². The summed E-state index contributed by atoms with van der Waals surface area (Å²) in [6.07, 6.45) is -2.82. The first-order chi connectivity index (χ1) is 18.7. The van der Waals surface area contributed by atoms with Crippen LogP contribution >= 0.6 is 11.6 Å². The second-order valence-corrected chi connectivity index (χ2v) is 10.6. The van der Waals surface area contributed by atoms with E-state index in [-0.39, 0.29) is 28.0 Å². The van der Waals surface area contributed by atoms with Crippen molar-refractivity contribution >= 4 is 23.3 Å². The lowest BCUT2D eigenvalue weighted by molar-refractivity contribution is -0.137. The average molecular weight is 570 g/mol. The number of halogens is 4. The van der Waals surface area contributed by atoms with Crippen LogP contribution in [0.4, 0.5) is 19.0 Å². The zero-order valence-corrected chi connectivity index (χ0v) is 23.0. The van der Waals surface area contributed by atoms with Gasteiger partial charge in [-0.25, -0.2) is 4.98 Å². The molecule has 0 aliphatic carbocycles. The molecule has 40 heavy (non-hydrogen) atoms. The van der Waals surface area contributed by atoms with Crippen LogP contribution in [-0.2, 0) is 11.0 Å². The van der Waals surface area contributed by atoms with Crippen LogP contribution in [0.3, 0.4) is 0 Å². The molecule has 0 aliphatic rings. The summed E-state index contributed by atoms with van der Waals surface area (Å²) in [5.74, 6) is 0.637. The maximum atomic E-state index is 13.1. The number of amides is 1. The summed E-state index contributed by atoms with van der Waals surface area (Å²) in [5.41, 5.74) is -0.0284. The van der Waals surface area contributed by atoms with Crippen LogP contribution in [0.5, 0.6) is 11.5 Å². The molecule has 1 unspecified atom stereocenters. The minimum Gasteiger partial charge on any atom is -0.456 e. The van der Waals surface area contributed by atoms with E-state index in [1.807, 2.05) is 6.92 Å². The topological polar surface area (TPSA) is 73.2 Å². The van der Waals surface area contributed by atoms with Gasteiger partial charge in [-0.1, -0.05) is 50.6 Å². The van der Waals surface area contributed by atoms with Crippen LogP contribution in [0.15, 0.2) is 83.8 Å². The third-order valence-electron chi connectivity index (χ3n) is 6.17. The standard InChI is InChI=1S/C30H27ClF3N3O3/c1-18(23-8-6-10-25(35-23)36-28(39)29(2,3)4)37-16-15-19(17-26(37)38)22-7-5-9-24(27(22)31)40-21-13-11-20(12-14-21)30(32,33)34/h5-18H,1-4H3,(H,35,36,39). The molecule has 0 aliphatic heterocycles. The molecule has 1 atom stereocenters. The predicted octanol–water partition coefficient (Wildman–Crippen LogP) is 7.97. The van der Waals surface area contributed by atoms with E-state index in [1.54, 1.807) is 69.4 Å². The van der Waals surface area contributed by atoms with Crippen LogP contribution in [0, 0.1) is 5.41 Å². The Hall–Kier alpha value is -4.11. The van der Waals surface area contributed by atoms with Crippen molar-refractivity contribution in [3.63, 3.8) is 0 Å². The van der Waals surface area contributed by atoms with Gasteiger partial charge >= 0.3 is 6.18 Å². The molecule has 2 aromatic carbocycles. The molecule has 2 aromatic heterocycles. The Balaban J connectivity index is 1.56. The molecule has 0 bridgehead atoms. The number of carbonyl (C=O) groups is 1. The summed E-state index contributed by atoms with van der Waals surface area (Å²) in [6, 6.07) is 17.2. The quantitative estimate of drug-likeness (QED) is 0.255. The van der Waals surface area contributed by atoms with Crippen molar-refractivity contribution in [2.75, 3.05) is 5.32 Å². The van der Waals surface area contributed by atoms with E-state index in [9.17, 15) is 22.8 Å². The van der Waals surface area contributed by atoms with Gasteiger partial charge in [0.05, 0.1) is 22.3 Å². The number of alkyl halides is 3. The molecule has 4 aromatic rings. The molecule has 0 fully saturated rings. The first-order valence-electron chi connectivity index (χ1n) is 12.4. The highest BCUT2D eigenvalue weighted by Gasteiger charge is 2.30. The van der Waals surface area contributed by atoms with Gasteiger partial charge in [-0.05, 0) is 61.0 Å². The van der Waals surface area contributed by atoms with Crippen LogP contribution in [0.25, 0.3) is 11.1 Å². The molecule has 0 saturated carbocycles. The predicted molar refractivity (Wildman–Crippen MR) is 149 cm³/mol. The zero-order chi connectivity index (χ0) is 29.2. The number of carbonyl (C=O) groups excluding carboxylic acids is 1. The minimum absolute atomic E-state index is 0.173. The van der Waals surface area contributed by atoms with Gasteiger partial charge in [0.2, 0.25) is 5.91 Å². The van der Waals surface area contributed by atoms with Crippen LogP contribution in [-0.4, -0.2) is 15.5 Å². The number of anilines is 1. The molecule has 6 nitrogen and oxygen atoms in total. The summed E-state index contributed by atoms with van der Waals surface area (Å²) in [7, 11) is 0. The molecular weight excluding hydrogens is 543 g/mol. The lowest BCUT2D eigenvalue weighted by atomic mass is 9.96. The Kier molecular flexibility index (Phi) is 8.07. The van der Waals surface area contributed by atoms with Gasteiger partial charge in [0.25, 0.3) is 5.56 Å². The molecule has 0 spiro atoms. The first-order valence-corrected chi connectivity index (χ1v) is 12.8. The Bertz CT molecular complexity index is 1590. The van der Waals surface area contributed by atoms with E-state index < -0.39 is 23.2 Å². The van der Waals surface area contributed by atoms with E-state index in [0.717, 1.165) is 12.1 Å². The number of hydrogen-bond donors (Lipinski definition) is 1. The monoisotopic (exact) mass is 569 g/mol. The third kappa shape index (κ3) is 6.54. The highest BCUT2D eigenvalue weighted by atomic mass is 35.5. The number of ether oxygens (including phenoxy) is 1. The number of hydrogen-bond acceptors (Lipinski definition) is 4. The third-order valence-corrected chi connectivity index (χ3v) is 6.56. The van der Waals surface area contributed by atoms with E-state index in [4.69, 9.17) is 16.3 Å². The highest BCUT2D eigenvalue weighted by Crippen LogP contribution is 2.38. The molecule has 1 amide bonds. The van der Waals surface area contributed by atoms with E-state index in [1.165, 1.54) is 22.8 Å². The lowest BCUT2D eigenvalue weighted by Crippen LogP contribution is -2.28. The van der Waals surface area contributed by atoms with E-state index in [2.05, 4.69) is 10.3 Å². The van der Waals surface area contributed by atoms with Crippen molar-refractivity contribution in [1.29, 1.82) is 0 Å². The van der Waals surface area contributed by atoms with Crippen molar-refractivity contribution in [1.82, 2.24) is 9.55 Å². The Morgan fingerprint density at radius 2 is 1.68 bits per heavy atom. The Morgan fingerprint density at radius 3 is 2.30 bits per heavy atom. The molecular formula is C30H27ClF3N3O3. The van der Waals surface area contributed by atoms with Crippen LogP contribution < -0.4 is 15.6 Å². The smallest absolute Gasteiger partial charge is 0.416 e. The number of aromatic nitrogens is 2. The summed E-state index contributed by atoms with van der Waals surface area (Å²) >= 11 is 6.58. The Labute approximate surface area is 234 Å². The summed E-state index contributed by atoms with van der Waals surface area (Å²) in [5, 5.41) is 3.00. The number of benzene rings is 2. The van der Waals surface area contributed by atoms with Crippen molar-refractivity contribution in [2.45, 2.75) is 39.9 Å². The first kappa shape index (κ1) is 28.9. The Morgan fingerprint density at radius 1 is 1.00 bits per heavy atom. The van der Waals surface area contributed by atoms with Gasteiger partial charge < -0.3 is 14.6 Å². The minimum atomic E-state index is -4.45. The van der Waals surface area contributed by atoms with E-state index in [0.29, 0.717) is 22.6 Å². The molecule has 0 saturated heterocycles. The van der Waals surface area contributed by atoms with Crippen molar-refractivity contribution in [3.05, 3.63) is 106 Å². The normalized spacial score (nSPS) is 12.6. The SMILES string of the molecule is CC(c1cccc(NC(=O)C(C)(C)C)n1)n1ccc(-c2cccc(Oc3ccc(C(F)(F)F)cc3)c2Cl)cc1=O. The number of rotatable bonds is 6. The summed E-state index contributed by atoms with van der Waals surface area (Å²) in [6.45, 7) is 7.24. The van der Waals surface area contributed by atoms with E-state index >= 15 is 0 Å². The fourth-order valence-corrected chi connectivity index (χ4v) is 4.10. The molecule has 10 heteroatoms. The number of nitrogens with one attached hydrogen (secondary N) is 1. The number of nitrogens with zero attached hydrogens (tertiary/aromatic N) is 2. The fraction of sp³-hybridized carbons (Fsp3) is 0.233. The van der Waals surface area contributed by atoms with Gasteiger partial charge in [-0.15, -0.1) is 0 Å². The van der Waals surface area contributed by atoms with Gasteiger partial charge in [-0.3, -0.25) is 9.59 Å². The largest absolute Gasteiger partial charge is 0.456 e. The fourth-order valence-electron chi connectivity index (χ4n) is 3.83. The van der Waals surface area contributed by atoms with Gasteiger partial charge in [0.1, 0.15) is 17.3 Å². The maximum Gasteiger partial charge on any atom is 0.416 e. The molecule has 4 rings (SSSR count). The van der Waals surface area contributed by atoms with Crippen molar-refractivity contribution in [3.8, 4) is 22.6 Å². The molecule has 0 radical (unpaired) electrons. The van der Waals surface area contributed by atoms with Crippen LogP contribution in [0.2, 0.25) is 5.02 Å². The second kappa shape index (κ2) is 11.2. The van der Waals surface area contributed by atoms with Gasteiger partial charge in [0.15, 0.2) is 0 Å². The second-order valence-electron chi connectivity index (χ2n) is 10.2. The summed E-state index contributed by atoms with van der Waals surface area (Å²) < 4.78 is 45.8. The average Bonchev–Trinajstić information content (AvgIpc) is 2.89. The molecule has 208 valence electrons. The maximum absolute atomic E-state index is 13.1. The zero-order valence-electron chi connectivity index (χ0n) is 22.2.